The molecule has 0 radical (unpaired) electrons. The van der Waals surface area contributed by atoms with Crippen LogP contribution in [-0.4, -0.2) is 40.8 Å². The fourth-order valence-electron chi connectivity index (χ4n) is 4.43. The van der Waals surface area contributed by atoms with E-state index in [1.165, 1.54) is 32.1 Å². The Hall–Kier alpha value is -2.12. The molecule has 8 heteroatoms. The molecule has 172 valence electrons. The predicted molar refractivity (Wildman–Crippen MR) is 138 cm³/mol. The lowest BCUT2D eigenvalue weighted by Crippen LogP contribution is -2.39. The highest BCUT2D eigenvalue weighted by Crippen LogP contribution is 2.29. The minimum absolute atomic E-state index is 0.478. The van der Waals surface area contributed by atoms with E-state index in [1.807, 2.05) is 24.3 Å². The Morgan fingerprint density at radius 1 is 1.06 bits per heavy atom. The molecular weight excluding hydrogens is 440 g/mol. The number of halogens is 1. The molecule has 2 aliphatic rings. The average Bonchev–Trinajstić information content (AvgIpc) is 2.79. The van der Waals surface area contributed by atoms with E-state index in [2.05, 4.69) is 40.3 Å². The highest BCUT2D eigenvalue weighted by Gasteiger charge is 2.24. The van der Waals surface area contributed by atoms with Crippen LogP contribution in [0.2, 0.25) is 5.02 Å². The van der Waals surface area contributed by atoms with E-state index < -0.39 is 0 Å². The van der Waals surface area contributed by atoms with Crippen LogP contribution in [0.25, 0.3) is 0 Å². The molecule has 3 heterocycles. The molecule has 6 nitrogen and oxygen atoms in total. The highest BCUT2D eigenvalue weighted by molar-refractivity contribution is 7.80. The molecule has 2 N–H and O–H groups in total. The van der Waals surface area contributed by atoms with Gasteiger partial charge in [0.25, 0.3) is 0 Å². The maximum absolute atomic E-state index is 6.27. The zero-order valence-electron chi connectivity index (χ0n) is 19.0. The number of thiocarbonyl (C=S) groups is 1. The van der Waals surface area contributed by atoms with E-state index in [-0.39, 0.29) is 0 Å². The second-order valence-electron chi connectivity index (χ2n) is 9.01. The summed E-state index contributed by atoms with van der Waals surface area (Å²) in [5, 5.41) is 7.66. The van der Waals surface area contributed by atoms with Crippen molar-refractivity contribution < 1.29 is 0 Å². The number of nitrogens with one attached hydrogen (secondary N) is 2. The van der Waals surface area contributed by atoms with Crippen LogP contribution in [0.4, 0.5) is 17.6 Å². The van der Waals surface area contributed by atoms with Gasteiger partial charge in [-0.2, -0.15) is 9.97 Å². The maximum atomic E-state index is 6.27. The first-order valence-electron chi connectivity index (χ1n) is 11.7. The lowest BCUT2D eigenvalue weighted by Gasteiger charge is -2.36. The topological polar surface area (TPSA) is 56.3 Å². The molecule has 1 atom stereocenters. The lowest BCUT2D eigenvalue weighted by molar-refractivity contribution is 0.436. The van der Waals surface area contributed by atoms with Gasteiger partial charge >= 0.3 is 0 Å². The zero-order chi connectivity index (χ0) is 22.5. The van der Waals surface area contributed by atoms with Crippen molar-refractivity contribution in [2.24, 2.45) is 5.92 Å². The molecule has 1 aromatic heterocycles. The molecule has 0 bridgehead atoms. The summed E-state index contributed by atoms with van der Waals surface area (Å²) in [6.07, 6.45) is 6.06. The first kappa shape index (κ1) is 23.1. The van der Waals surface area contributed by atoms with E-state index in [1.54, 1.807) is 0 Å². The molecule has 4 rings (SSSR count). The van der Waals surface area contributed by atoms with Crippen molar-refractivity contribution in [2.75, 3.05) is 34.8 Å². The third-order valence-electron chi connectivity index (χ3n) is 6.53. The second kappa shape index (κ2) is 10.7. The number of nitrogens with zero attached hydrogens (tertiary/aromatic N) is 4. The fourth-order valence-corrected chi connectivity index (χ4v) is 4.79. The summed E-state index contributed by atoms with van der Waals surface area (Å²) in [5.41, 5.74) is 0.998. The summed E-state index contributed by atoms with van der Waals surface area (Å²) >= 11 is 11.8. The Morgan fingerprint density at radius 3 is 2.56 bits per heavy atom. The monoisotopic (exact) mass is 472 g/mol. The Kier molecular flexibility index (Phi) is 7.68. The molecule has 2 saturated heterocycles. The smallest absolute Gasteiger partial charge is 0.232 e. The molecule has 0 spiro atoms. The number of piperidine rings is 2. The molecule has 0 unspecified atom stereocenters. The Morgan fingerprint density at radius 2 is 1.81 bits per heavy atom. The summed E-state index contributed by atoms with van der Waals surface area (Å²) < 4.78 is 0. The first-order valence-corrected chi connectivity index (χ1v) is 12.5. The Labute approximate surface area is 201 Å². The lowest BCUT2D eigenvalue weighted by atomic mass is 9.99. The summed E-state index contributed by atoms with van der Waals surface area (Å²) in [5.74, 6) is 3.28. The third kappa shape index (κ3) is 5.81. The van der Waals surface area contributed by atoms with Crippen LogP contribution >= 0.6 is 23.8 Å². The van der Waals surface area contributed by atoms with Crippen LogP contribution in [-0.2, 0) is 6.54 Å². The molecular formula is C24H33ClN6S. The minimum atomic E-state index is 0.478. The van der Waals surface area contributed by atoms with Crippen molar-refractivity contribution in [1.29, 1.82) is 0 Å². The van der Waals surface area contributed by atoms with Crippen LogP contribution in [0, 0.1) is 5.92 Å². The van der Waals surface area contributed by atoms with Crippen molar-refractivity contribution in [3.63, 3.8) is 0 Å². The number of anilines is 3. The van der Waals surface area contributed by atoms with Gasteiger partial charge in [-0.05, 0) is 68.8 Å². The van der Waals surface area contributed by atoms with E-state index in [9.17, 15) is 0 Å². The first-order chi connectivity index (χ1) is 15.5. The van der Waals surface area contributed by atoms with E-state index >= 15 is 0 Å². The summed E-state index contributed by atoms with van der Waals surface area (Å²) in [6.45, 7) is 8.25. The predicted octanol–water partition coefficient (Wildman–Crippen LogP) is 5.23. The van der Waals surface area contributed by atoms with Gasteiger partial charge in [-0.3, -0.25) is 0 Å². The maximum Gasteiger partial charge on any atom is 0.232 e. The summed E-state index contributed by atoms with van der Waals surface area (Å²) in [4.78, 5) is 14.5. The molecule has 1 aromatic carbocycles. The number of aromatic nitrogens is 2. The van der Waals surface area contributed by atoms with Crippen molar-refractivity contribution in [3.05, 3.63) is 40.9 Å². The molecule has 32 heavy (non-hydrogen) atoms. The van der Waals surface area contributed by atoms with Gasteiger partial charge in [-0.15, -0.1) is 0 Å². The molecule has 2 fully saturated rings. The molecule has 0 aliphatic carbocycles. The minimum Gasteiger partial charge on any atom is -0.358 e. The average molecular weight is 473 g/mol. The van der Waals surface area contributed by atoms with Gasteiger partial charge in [0.2, 0.25) is 5.95 Å². The van der Waals surface area contributed by atoms with E-state index in [4.69, 9.17) is 33.8 Å². The number of benzene rings is 1. The van der Waals surface area contributed by atoms with Crippen LogP contribution in [0.3, 0.4) is 0 Å². The third-order valence-corrected chi connectivity index (χ3v) is 7.14. The van der Waals surface area contributed by atoms with Crippen LogP contribution in [0.15, 0.2) is 30.3 Å². The van der Waals surface area contributed by atoms with Gasteiger partial charge in [0, 0.05) is 43.3 Å². The second-order valence-corrected chi connectivity index (χ2v) is 9.83. The van der Waals surface area contributed by atoms with E-state index in [0.717, 1.165) is 47.8 Å². The Bertz CT molecular complexity index is 930. The summed E-state index contributed by atoms with van der Waals surface area (Å²) in [7, 11) is 0. The van der Waals surface area contributed by atoms with Crippen LogP contribution in [0.5, 0.6) is 0 Å². The number of rotatable bonds is 5. The van der Waals surface area contributed by atoms with Crippen molar-refractivity contribution >= 4 is 46.5 Å². The number of hydrogen-bond acceptors (Lipinski definition) is 5. The van der Waals surface area contributed by atoms with Gasteiger partial charge in [0.1, 0.15) is 11.6 Å². The van der Waals surface area contributed by atoms with Gasteiger partial charge in [0.15, 0.2) is 5.11 Å². The van der Waals surface area contributed by atoms with Crippen LogP contribution < -0.4 is 20.4 Å². The standard InChI is InChI=1S/C24H33ClN6S/c1-17-10-13-30(14-11-17)21-15-22(31-12-6-5-7-18(31)2)28-23(27-21)29-24(32)26-16-19-8-3-4-9-20(19)25/h3-4,8-9,15,17-18H,5-7,10-14,16H2,1-2H3,(H2,26,27,28,29,32)/t18-/m0/s1. The van der Waals surface area contributed by atoms with Crippen LogP contribution in [0.1, 0.15) is 51.5 Å². The van der Waals surface area contributed by atoms with Gasteiger partial charge in [-0.25, -0.2) is 0 Å². The zero-order valence-corrected chi connectivity index (χ0v) is 20.6. The largest absolute Gasteiger partial charge is 0.358 e. The van der Waals surface area contributed by atoms with Crippen molar-refractivity contribution in [3.8, 4) is 0 Å². The normalized spacial score (nSPS) is 19.7. The van der Waals surface area contributed by atoms with Crippen molar-refractivity contribution in [2.45, 2.75) is 58.5 Å². The molecule has 2 aromatic rings. The van der Waals surface area contributed by atoms with Gasteiger partial charge in [0.05, 0.1) is 0 Å². The quantitative estimate of drug-likeness (QED) is 0.577. The fraction of sp³-hybridized carbons (Fsp3) is 0.542. The Balaban J connectivity index is 1.51. The molecule has 2 aliphatic heterocycles. The molecule has 0 saturated carbocycles. The van der Waals surface area contributed by atoms with Gasteiger partial charge < -0.3 is 20.4 Å². The number of hydrogen-bond donors (Lipinski definition) is 2. The van der Waals surface area contributed by atoms with Crippen molar-refractivity contribution in [1.82, 2.24) is 15.3 Å². The molecule has 0 amide bonds. The van der Waals surface area contributed by atoms with Gasteiger partial charge in [-0.1, -0.05) is 36.7 Å². The summed E-state index contributed by atoms with van der Waals surface area (Å²) in [6, 6.07) is 10.4. The SMILES string of the molecule is CC1CCN(c2cc(N3CCCC[C@@H]3C)nc(NC(=S)NCc3ccccc3Cl)n2)CC1. The highest BCUT2D eigenvalue weighted by atomic mass is 35.5. The van der Waals surface area contributed by atoms with E-state index in [0.29, 0.717) is 23.6 Å².